The molecule has 1 amide bonds. The van der Waals surface area contributed by atoms with E-state index in [4.69, 9.17) is 0 Å². The van der Waals surface area contributed by atoms with Crippen molar-refractivity contribution in [2.75, 3.05) is 20.2 Å². The second-order valence-electron chi connectivity index (χ2n) is 4.07. The fourth-order valence-corrected chi connectivity index (χ4v) is 1.80. The van der Waals surface area contributed by atoms with Gasteiger partial charge in [-0.3, -0.25) is 14.7 Å². The summed E-state index contributed by atoms with van der Waals surface area (Å²) in [5, 5.41) is 7.65. The molecule has 6 heteroatoms. The second kappa shape index (κ2) is 5.51. The Labute approximate surface area is 110 Å². The summed E-state index contributed by atoms with van der Waals surface area (Å²) in [7, 11) is 1.30. The maximum atomic E-state index is 12.3. The number of methoxy groups -OCH3 is 1. The van der Waals surface area contributed by atoms with Crippen molar-refractivity contribution in [2.45, 2.75) is 6.92 Å². The van der Waals surface area contributed by atoms with Crippen LogP contribution in [-0.4, -0.2) is 47.2 Å². The molecule has 1 aromatic carbocycles. The van der Waals surface area contributed by atoms with Gasteiger partial charge in [0, 0.05) is 17.5 Å². The number of nitrogens with zero attached hydrogens (tertiary/aromatic N) is 2. The lowest BCUT2D eigenvalue weighted by Crippen LogP contribution is -2.36. The van der Waals surface area contributed by atoms with E-state index in [9.17, 15) is 9.59 Å². The summed E-state index contributed by atoms with van der Waals surface area (Å²) in [6, 6.07) is 5.27. The predicted octanol–water partition coefficient (Wildman–Crippen LogP) is 1.20. The third kappa shape index (κ3) is 2.73. The Bertz CT molecular complexity index is 606. The summed E-state index contributed by atoms with van der Waals surface area (Å²) >= 11 is 0. The van der Waals surface area contributed by atoms with Crippen LogP contribution < -0.4 is 0 Å². The van der Waals surface area contributed by atoms with Crippen molar-refractivity contribution in [1.29, 1.82) is 0 Å². The van der Waals surface area contributed by atoms with Gasteiger partial charge in [-0.25, -0.2) is 0 Å². The average molecular weight is 261 g/mol. The van der Waals surface area contributed by atoms with Gasteiger partial charge >= 0.3 is 5.97 Å². The molecule has 0 fully saturated rings. The van der Waals surface area contributed by atoms with Crippen LogP contribution in [0, 0.1) is 0 Å². The van der Waals surface area contributed by atoms with Crippen LogP contribution in [0.15, 0.2) is 24.4 Å². The van der Waals surface area contributed by atoms with Gasteiger partial charge in [0.25, 0.3) is 5.91 Å². The molecule has 1 aromatic heterocycles. The Morgan fingerprint density at radius 1 is 1.42 bits per heavy atom. The first kappa shape index (κ1) is 13.1. The molecule has 0 bridgehead atoms. The van der Waals surface area contributed by atoms with Crippen molar-refractivity contribution < 1.29 is 14.3 Å². The SMILES string of the molecule is CCN(CC(=O)OC)C(=O)c1ccc2cn[nH]c2c1. The molecular formula is C13H15N3O3. The number of hydrogen-bond acceptors (Lipinski definition) is 4. The lowest BCUT2D eigenvalue weighted by Gasteiger charge is -2.19. The maximum Gasteiger partial charge on any atom is 0.325 e. The standard InChI is InChI=1S/C13H15N3O3/c1-3-16(8-12(17)19-2)13(18)9-4-5-10-7-14-15-11(10)6-9/h4-7H,3,8H2,1-2H3,(H,14,15). The number of aromatic nitrogens is 2. The molecule has 0 atom stereocenters. The van der Waals surface area contributed by atoms with E-state index < -0.39 is 5.97 Å². The fourth-order valence-electron chi connectivity index (χ4n) is 1.80. The van der Waals surface area contributed by atoms with Gasteiger partial charge in [0.1, 0.15) is 6.54 Å². The van der Waals surface area contributed by atoms with E-state index in [1.807, 2.05) is 13.0 Å². The van der Waals surface area contributed by atoms with E-state index in [1.54, 1.807) is 18.3 Å². The maximum absolute atomic E-state index is 12.3. The lowest BCUT2D eigenvalue weighted by molar-refractivity contribution is -0.141. The molecule has 6 nitrogen and oxygen atoms in total. The van der Waals surface area contributed by atoms with Crippen molar-refractivity contribution in [3.05, 3.63) is 30.0 Å². The van der Waals surface area contributed by atoms with Gasteiger partial charge in [0.15, 0.2) is 0 Å². The molecule has 0 saturated carbocycles. The van der Waals surface area contributed by atoms with Crippen molar-refractivity contribution in [2.24, 2.45) is 0 Å². The zero-order chi connectivity index (χ0) is 13.8. The molecule has 2 aromatic rings. The summed E-state index contributed by atoms with van der Waals surface area (Å²) in [4.78, 5) is 25.0. The molecule has 0 unspecified atom stereocenters. The second-order valence-corrected chi connectivity index (χ2v) is 4.07. The van der Waals surface area contributed by atoms with E-state index in [2.05, 4.69) is 14.9 Å². The minimum absolute atomic E-state index is 0.0488. The quantitative estimate of drug-likeness (QED) is 0.839. The fraction of sp³-hybridized carbons (Fsp3) is 0.308. The largest absolute Gasteiger partial charge is 0.468 e. The number of likely N-dealkylation sites (N-methyl/N-ethyl adjacent to an activating group) is 1. The molecule has 0 aliphatic heterocycles. The van der Waals surface area contributed by atoms with Gasteiger partial charge in [-0.2, -0.15) is 5.10 Å². The van der Waals surface area contributed by atoms with Crippen LogP contribution in [0.3, 0.4) is 0 Å². The number of ether oxygens (including phenoxy) is 1. The third-order valence-electron chi connectivity index (χ3n) is 2.91. The average Bonchev–Trinajstić information content (AvgIpc) is 2.90. The number of benzene rings is 1. The molecule has 0 aliphatic rings. The van der Waals surface area contributed by atoms with Gasteiger partial charge in [-0.15, -0.1) is 0 Å². The van der Waals surface area contributed by atoms with Gasteiger partial charge in [-0.1, -0.05) is 6.07 Å². The van der Waals surface area contributed by atoms with Gasteiger partial charge < -0.3 is 9.64 Å². The highest BCUT2D eigenvalue weighted by Crippen LogP contribution is 2.14. The number of aromatic amines is 1. The Hall–Kier alpha value is -2.37. The highest BCUT2D eigenvalue weighted by molar-refractivity contribution is 5.98. The van der Waals surface area contributed by atoms with Crippen LogP contribution in [-0.2, 0) is 9.53 Å². The Morgan fingerprint density at radius 2 is 2.21 bits per heavy atom. The summed E-state index contributed by atoms with van der Waals surface area (Å²) in [6.07, 6.45) is 1.69. The van der Waals surface area contributed by atoms with E-state index >= 15 is 0 Å². The molecule has 0 saturated heterocycles. The lowest BCUT2D eigenvalue weighted by atomic mass is 10.1. The van der Waals surface area contributed by atoms with Gasteiger partial charge in [-0.05, 0) is 19.1 Å². The molecule has 0 aliphatic carbocycles. The number of hydrogen-bond donors (Lipinski definition) is 1. The van der Waals surface area contributed by atoms with Crippen molar-refractivity contribution in [3.63, 3.8) is 0 Å². The number of esters is 1. The number of rotatable bonds is 4. The normalized spacial score (nSPS) is 10.4. The highest BCUT2D eigenvalue weighted by Gasteiger charge is 2.18. The number of H-pyrrole nitrogens is 1. The Kier molecular flexibility index (Phi) is 3.79. The summed E-state index contributed by atoms with van der Waals surface area (Å²) in [5.41, 5.74) is 1.31. The Morgan fingerprint density at radius 3 is 2.89 bits per heavy atom. The molecule has 1 N–H and O–H groups in total. The number of carbonyl (C=O) groups excluding carboxylic acids is 2. The molecule has 0 radical (unpaired) electrons. The number of amides is 1. The zero-order valence-corrected chi connectivity index (χ0v) is 10.8. The van der Waals surface area contributed by atoms with Gasteiger partial charge in [0.05, 0.1) is 18.8 Å². The number of nitrogens with one attached hydrogen (secondary N) is 1. The minimum Gasteiger partial charge on any atom is -0.468 e. The van der Waals surface area contributed by atoms with Crippen LogP contribution in [0.1, 0.15) is 17.3 Å². The summed E-state index contributed by atoms with van der Waals surface area (Å²) in [5.74, 6) is -0.637. The van der Waals surface area contributed by atoms with Gasteiger partial charge in [0.2, 0.25) is 0 Å². The van der Waals surface area contributed by atoms with E-state index in [0.717, 1.165) is 10.9 Å². The molecule has 19 heavy (non-hydrogen) atoms. The first-order chi connectivity index (χ1) is 9.15. The number of carbonyl (C=O) groups is 2. The van der Waals surface area contributed by atoms with Crippen LogP contribution in [0.4, 0.5) is 0 Å². The van der Waals surface area contributed by atoms with Crippen LogP contribution in [0.5, 0.6) is 0 Å². The third-order valence-corrected chi connectivity index (χ3v) is 2.91. The van der Waals surface area contributed by atoms with E-state index in [-0.39, 0.29) is 12.5 Å². The minimum atomic E-state index is -0.433. The van der Waals surface area contributed by atoms with Crippen molar-refractivity contribution in [3.8, 4) is 0 Å². The summed E-state index contributed by atoms with van der Waals surface area (Å²) < 4.78 is 4.58. The molecule has 0 spiro atoms. The van der Waals surface area contributed by atoms with E-state index in [0.29, 0.717) is 12.1 Å². The number of fused-ring (bicyclic) bond motifs is 1. The Balaban J connectivity index is 2.23. The highest BCUT2D eigenvalue weighted by atomic mass is 16.5. The molecule has 2 rings (SSSR count). The molecular weight excluding hydrogens is 246 g/mol. The van der Waals surface area contributed by atoms with Crippen LogP contribution >= 0.6 is 0 Å². The zero-order valence-electron chi connectivity index (χ0n) is 10.8. The predicted molar refractivity (Wildman–Crippen MR) is 69.7 cm³/mol. The van der Waals surface area contributed by atoms with E-state index in [1.165, 1.54) is 12.0 Å². The topological polar surface area (TPSA) is 75.3 Å². The first-order valence-corrected chi connectivity index (χ1v) is 5.95. The first-order valence-electron chi connectivity index (χ1n) is 5.95. The monoisotopic (exact) mass is 261 g/mol. The van der Waals surface area contributed by atoms with Crippen molar-refractivity contribution >= 4 is 22.8 Å². The molecule has 100 valence electrons. The summed E-state index contributed by atoms with van der Waals surface area (Å²) in [6.45, 7) is 2.21. The molecule has 1 heterocycles. The van der Waals surface area contributed by atoms with Crippen LogP contribution in [0.25, 0.3) is 10.9 Å². The van der Waals surface area contributed by atoms with Crippen molar-refractivity contribution in [1.82, 2.24) is 15.1 Å². The smallest absolute Gasteiger partial charge is 0.325 e. The van der Waals surface area contributed by atoms with Crippen LogP contribution in [0.2, 0.25) is 0 Å².